The molecule has 0 unspecified atom stereocenters. The number of carbonyl (C=O) groups excluding carboxylic acids is 1. The van der Waals surface area contributed by atoms with Crippen molar-refractivity contribution in [2.24, 2.45) is 0 Å². The molecule has 0 spiro atoms. The fourth-order valence-electron chi connectivity index (χ4n) is 0.837. The molecule has 0 radical (unpaired) electrons. The molecule has 0 bridgehead atoms. The zero-order valence-corrected chi connectivity index (χ0v) is 7.01. The number of allylic oxidation sites excluding steroid dienone is 2. The van der Waals surface area contributed by atoms with Crippen molar-refractivity contribution in [3.63, 3.8) is 0 Å². The molecule has 1 rings (SSSR count). The summed E-state index contributed by atoms with van der Waals surface area (Å²) in [5.41, 5.74) is 1.35. The lowest BCUT2D eigenvalue weighted by molar-refractivity contribution is -0.104. The van der Waals surface area contributed by atoms with Crippen LogP contribution in [-0.2, 0) is 11.2 Å². The van der Waals surface area contributed by atoms with Gasteiger partial charge < -0.3 is 0 Å². The van der Waals surface area contributed by atoms with Gasteiger partial charge in [0.05, 0.1) is 0 Å². The van der Waals surface area contributed by atoms with Crippen molar-refractivity contribution in [3.05, 3.63) is 34.5 Å². The minimum atomic E-state index is 0.813. The number of hydrogen-bond donors (Lipinski definition) is 0. The second-order valence-corrected chi connectivity index (χ2v) is 3.01. The maximum Gasteiger partial charge on any atom is 0.142 e. The second-order valence-electron chi connectivity index (χ2n) is 2.23. The predicted molar refractivity (Wildman–Crippen MR) is 47.8 cm³/mol. The fraction of sp³-hybridized carbons (Fsp3) is 0.222. The zero-order valence-electron chi connectivity index (χ0n) is 6.19. The summed E-state index contributed by atoms with van der Waals surface area (Å²) in [6, 6.07) is 2.11. The highest BCUT2D eigenvalue weighted by Gasteiger charge is 1.88. The Morgan fingerprint density at radius 2 is 2.45 bits per heavy atom. The molecule has 1 nitrogen and oxygen atoms in total. The third kappa shape index (κ3) is 3.14. The lowest BCUT2D eigenvalue weighted by Gasteiger charge is -1.88. The monoisotopic (exact) mass is 166 g/mol. The van der Waals surface area contributed by atoms with Crippen molar-refractivity contribution in [1.82, 2.24) is 0 Å². The quantitative estimate of drug-likeness (QED) is 0.496. The first-order valence-corrected chi connectivity index (χ1v) is 4.49. The van der Waals surface area contributed by atoms with E-state index in [1.54, 1.807) is 17.4 Å². The topological polar surface area (TPSA) is 17.1 Å². The van der Waals surface area contributed by atoms with Crippen molar-refractivity contribution >= 4 is 17.6 Å². The Balaban J connectivity index is 2.23. The van der Waals surface area contributed by atoms with E-state index < -0.39 is 0 Å². The summed E-state index contributed by atoms with van der Waals surface area (Å²) in [6.07, 6.45) is 6.24. The number of thiophene rings is 1. The van der Waals surface area contributed by atoms with Crippen LogP contribution in [0.25, 0.3) is 0 Å². The van der Waals surface area contributed by atoms with E-state index in [0.29, 0.717) is 0 Å². The van der Waals surface area contributed by atoms with E-state index in [1.165, 1.54) is 5.56 Å². The molecule has 1 aromatic heterocycles. The van der Waals surface area contributed by atoms with Crippen molar-refractivity contribution in [1.29, 1.82) is 0 Å². The van der Waals surface area contributed by atoms with Gasteiger partial charge in [0.25, 0.3) is 0 Å². The molecule has 0 aliphatic carbocycles. The molecule has 2 heteroatoms. The number of aryl methyl sites for hydroxylation is 1. The summed E-state index contributed by atoms with van der Waals surface area (Å²) in [7, 11) is 0. The molecule has 0 aromatic carbocycles. The van der Waals surface area contributed by atoms with Gasteiger partial charge in [-0.15, -0.1) is 0 Å². The average molecular weight is 166 g/mol. The van der Waals surface area contributed by atoms with E-state index in [4.69, 9.17) is 0 Å². The van der Waals surface area contributed by atoms with Crippen molar-refractivity contribution in [2.45, 2.75) is 12.8 Å². The summed E-state index contributed by atoms with van der Waals surface area (Å²) >= 11 is 1.71. The highest BCUT2D eigenvalue weighted by atomic mass is 32.1. The Hall–Kier alpha value is -0.890. The van der Waals surface area contributed by atoms with Gasteiger partial charge in [0.2, 0.25) is 0 Å². The van der Waals surface area contributed by atoms with Crippen LogP contribution in [-0.4, -0.2) is 6.29 Å². The number of aldehydes is 1. The van der Waals surface area contributed by atoms with E-state index in [2.05, 4.69) is 16.8 Å². The minimum absolute atomic E-state index is 0.813. The Labute approximate surface area is 70.4 Å². The fourth-order valence-corrected chi connectivity index (χ4v) is 1.54. The highest BCUT2D eigenvalue weighted by Crippen LogP contribution is 2.08. The van der Waals surface area contributed by atoms with Gasteiger partial charge in [-0.2, -0.15) is 11.3 Å². The maximum atomic E-state index is 9.88. The Kier molecular flexibility index (Phi) is 3.62. The number of carbonyl (C=O) groups is 1. The summed E-state index contributed by atoms with van der Waals surface area (Å²) in [5, 5.41) is 4.20. The van der Waals surface area contributed by atoms with E-state index in [-0.39, 0.29) is 0 Å². The first-order valence-electron chi connectivity index (χ1n) is 3.55. The number of hydrogen-bond acceptors (Lipinski definition) is 2. The van der Waals surface area contributed by atoms with Crippen LogP contribution in [0.3, 0.4) is 0 Å². The molecular weight excluding hydrogens is 156 g/mol. The minimum Gasteiger partial charge on any atom is -0.299 e. The molecule has 0 saturated heterocycles. The van der Waals surface area contributed by atoms with Gasteiger partial charge in [-0.05, 0) is 41.3 Å². The highest BCUT2D eigenvalue weighted by molar-refractivity contribution is 7.07. The van der Waals surface area contributed by atoms with Gasteiger partial charge in [0.15, 0.2) is 0 Å². The standard InChI is InChI=1S/C9H10OS/c10-6-3-1-2-4-9-5-7-11-8-9/h1,3,5-8H,2,4H2/b3-1+. The summed E-state index contributed by atoms with van der Waals surface area (Å²) in [4.78, 5) is 9.88. The third-order valence-corrected chi connectivity index (χ3v) is 2.13. The van der Waals surface area contributed by atoms with Gasteiger partial charge in [-0.25, -0.2) is 0 Å². The van der Waals surface area contributed by atoms with Crippen LogP contribution >= 0.6 is 11.3 Å². The first-order chi connectivity index (χ1) is 5.43. The van der Waals surface area contributed by atoms with Crippen LogP contribution in [0.2, 0.25) is 0 Å². The molecule has 11 heavy (non-hydrogen) atoms. The van der Waals surface area contributed by atoms with Crippen LogP contribution in [0.15, 0.2) is 29.0 Å². The molecular formula is C9H10OS. The molecule has 1 heterocycles. The Bertz CT molecular complexity index is 224. The maximum absolute atomic E-state index is 9.88. The van der Waals surface area contributed by atoms with E-state index >= 15 is 0 Å². The molecule has 0 aliphatic heterocycles. The largest absolute Gasteiger partial charge is 0.299 e. The SMILES string of the molecule is O=C/C=C/CCc1ccsc1. The van der Waals surface area contributed by atoms with Gasteiger partial charge in [0, 0.05) is 0 Å². The number of rotatable bonds is 4. The lowest BCUT2D eigenvalue weighted by atomic mass is 10.2. The van der Waals surface area contributed by atoms with Gasteiger partial charge in [0.1, 0.15) is 6.29 Å². The summed E-state index contributed by atoms with van der Waals surface area (Å²) < 4.78 is 0. The molecule has 0 fully saturated rings. The van der Waals surface area contributed by atoms with Crippen molar-refractivity contribution < 1.29 is 4.79 Å². The van der Waals surface area contributed by atoms with Crippen LogP contribution in [0, 0.1) is 0 Å². The van der Waals surface area contributed by atoms with E-state index in [1.807, 2.05) is 6.08 Å². The van der Waals surface area contributed by atoms with Crippen molar-refractivity contribution in [3.8, 4) is 0 Å². The predicted octanol–water partition coefficient (Wildman–Crippen LogP) is 2.44. The zero-order chi connectivity index (χ0) is 7.94. The van der Waals surface area contributed by atoms with Crippen molar-refractivity contribution in [2.75, 3.05) is 0 Å². The van der Waals surface area contributed by atoms with Crippen LogP contribution in [0.4, 0.5) is 0 Å². The Morgan fingerprint density at radius 1 is 1.55 bits per heavy atom. The lowest BCUT2D eigenvalue weighted by Crippen LogP contribution is -1.76. The van der Waals surface area contributed by atoms with Crippen LogP contribution < -0.4 is 0 Å². The van der Waals surface area contributed by atoms with Crippen LogP contribution in [0.1, 0.15) is 12.0 Å². The van der Waals surface area contributed by atoms with E-state index in [0.717, 1.165) is 19.1 Å². The van der Waals surface area contributed by atoms with Gasteiger partial charge in [-0.1, -0.05) is 6.08 Å². The molecule has 0 atom stereocenters. The third-order valence-electron chi connectivity index (χ3n) is 1.39. The first kappa shape index (κ1) is 8.21. The summed E-state index contributed by atoms with van der Waals surface area (Å²) in [5.74, 6) is 0. The molecule has 58 valence electrons. The average Bonchev–Trinajstić information content (AvgIpc) is 2.50. The molecule has 0 saturated carbocycles. The molecule has 1 aromatic rings. The Morgan fingerprint density at radius 3 is 3.09 bits per heavy atom. The molecule has 0 N–H and O–H groups in total. The smallest absolute Gasteiger partial charge is 0.142 e. The summed E-state index contributed by atoms with van der Waals surface area (Å²) in [6.45, 7) is 0. The van der Waals surface area contributed by atoms with E-state index in [9.17, 15) is 4.79 Å². The molecule has 0 aliphatic rings. The second kappa shape index (κ2) is 4.85. The van der Waals surface area contributed by atoms with Gasteiger partial charge in [-0.3, -0.25) is 4.79 Å². The van der Waals surface area contributed by atoms with Crippen LogP contribution in [0.5, 0.6) is 0 Å². The van der Waals surface area contributed by atoms with Gasteiger partial charge >= 0.3 is 0 Å². The normalized spacial score (nSPS) is 10.5. The molecule has 0 amide bonds.